The Kier molecular flexibility index (Phi) is 7.80. The summed E-state index contributed by atoms with van der Waals surface area (Å²) in [6.07, 6.45) is 1.08. The summed E-state index contributed by atoms with van der Waals surface area (Å²) >= 11 is 3.46. The number of amides is 1. The summed E-state index contributed by atoms with van der Waals surface area (Å²) in [4.78, 5) is 19.2. The molecule has 0 saturated heterocycles. The normalized spacial score (nSPS) is 11.8. The molecule has 2 aromatic carbocycles. The molecular formula is C27H31BrN4O4. The highest BCUT2D eigenvalue weighted by molar-refractivity contribution is 9.10. The molecule has 0 fully saturated rings. The number of aromatic nitrogens is 3. The van der Waals surface area contributed by atoms with Crippen LogP contribution in [0.2, 0.25) is 0 Å². The molecule has 2 heterocycles. The van der Waals surface area contributed by atoms with Gasteiger partial charge in [-0.15, -0.1) is 0 Å². The van der Waals surface area contributed by atoms with Crippen LogP contribution in [0.4, 0.5) is 4.79 Å². The first-order valence-electron chi connectivity index (χ1n) is 12.0. The summed E-state index contributed by atoms with van der Waals surface area (Å²) in [6, 6.07) is 15.6. The van der Waals surface area contributed by atoms with Crippen molar-refractivity contribution in [3.63, 3.8) is 0 Å². The number of rotatable bonds is 8. The number of benzene rings is 2. The third-order valence-corrected chi connectivity index (χ3v) is 6.20. The zero-order valence-electron chi connectivity index (χ0n) is 21.0. The molecule has 190 valence electrons. The van der Waals surface area contributed by atoms with E-state index in [1.54, 1.807) is 11.0 Å². The predicted molar refractivity (Wildman–Crippen MR) is 142 cm³/mol. The van der Waals surface area contributed by atoms with Crippen molar-refractivity contribution >= 4 is 44.0 Å². The van der Waals surface area contributed by atoms with Crippen LogP contribution in [0.3, 0.4) is 0 Å². The van der Waals surface area contributed by atoms with E-state index in [-0.39, 0.29) is 6.54 Å². The minimum absolute atomic E-state index is 0.246. The number of imidazole rings is 1. The molecule has 4 aromatic rings. The molecule has 36 heavy (non-hydrogen) atoms. The highest BCUT2D eigenvalue weighted by Crippen LogP contribution is 2.27. The number of carbonyl (C=O) groups excluding carboxylic acids is 1. The Morgan fingerprint density at radius 2 is 1.94 bits per heavy atom. The second-order valence-electron chi connectivity index (χ2n) is 9.56. The number of carbonyl (C=O) groups is 1. The third kappa shape index (κ3) is 5.96. The summed E-state index contributed by atoms with van der Waals surface area (Å²) in [7, 11) is 0. The molecule has 4 rings (SSSR count). The molecule has 2 aromatic heterocycles. The molecule has 0 aliphatic heterocycles. The molecule has 0 unspecified atom stereocenters. The standard InChI is InChI=1S/C27H31BrN4O4/c1-5-30(26(33)36-27(2,3)4)17-24-29-22-16-32(34)23-15-20(28)11-12-21(23)25(22)31(24)13-14-35-18-19-9-7-6-8-10-19/h6-12,15-16H,5,13-14,17-18H2,1-4H3. The van der Waals surface area contributed by atoms with E-state index in [2.05, 4.69) is 15.9 Å². The predicted octanol–water partition coefficient (Wildman–Crippen LogP) is 5.56. The van der Waals surface area contributed by atoms with Gasteiger partial charge in [0.1, 0.15) is 11.4 Å². The van der Waals surface area contributed by atoms with Gasteiger partial charge in [0.05, 0.1) is 30.7 Å². The van der Waals surface area contributed by atoms with Gasteiger partial charge in [-0.05, 0) is 45.4 Å². The largest absolute Gasteiger partial charge is 0.618 e. The molecule has 0 spiro atoms. The molecule has 0 aliphatic rings. The van der Waals surface area contributed by atoms with Crippen LogP contribution in [0.1, 0.15) is 39.1 Å². The van der Waals surface area contributed by atoms with Crippen molar-refractivity contribution in [2.24, 2.45) is 0 Å². The van der Waals surface area contributed by atoms with Gasteiger partial charge in [0.25, 0.3) is 0 Å². The molecular weight excluding hydrogens is 524 g/mol. The smallest absolute Gasteiger partial charge is 0.410 e. The Morgan fingerprint density at radius 3 is 2.64 bits per heavy atom. The van der Waals surface area contributed by atoms with Crippen LogP contribution in [-0.2, 0) is 29.2 Å². The lowest BCUT2D eigenvalue weighted by Gasteiger charge is -2.26. The second kappa shape index (κ2) is 10.8. The summed E-state index contributed by atoms with van der Waals surface area (Å²) in [5, 5.41) is 13.5. The van der Waals surface area contributed by atoms with Crippen molar-refractivity contribution in [2.45, 2.75) is 53.0 Å². The van der Waals surface area contributed by atoms with Crippen molar-refractivity contribution < 1.29 is 19.0 Å². The molecule has 0 atom stereocenters. The van der Waals surface area contributed by atoms with Gasteiger partial charge in [-0.2, -0.15) is 4.73 Å². The Hall–Kier alpha value is -3.17. The van der Waals surface area contributed by atoms with E-state index in [0.717, 1.165) is 25.7 Å². The van der Waals surface area contributed by atoms with E-state index in [1.165, 1.54) is 6.20 Å². The molecule has 9 heteroatoms. The lowest BCUT2D eigenvalue weighted by molar-refractivity contribution is -0.575. The quantitative estimate of drug-likeness (QED) is 0.162. The topological polar surface area (TPSA) is 83.5 Å². The maximum Gasteiger partial charge on any atom is 0.410 e. The zero-order chi connectivity index (χ0) is 25.9. The molecule has 0 radical (unpaired) electrons. The van der Waals surface area contributed by atoms with Crippen molar-refractivity contribution in [3.05, 3.63) is 75.8 Å². The van der Waals surface area contributed by atoms with E-state index in [9.17, 15) is 10.0 Å². The van der Waals surface area contributed by atoms with Gasteiger partial charge in [0.2, 0.25) is 11.7 Å². The van der Waals surface area contributed by atoms with Crippen LogP contribution in [-0.4, -0.2) is 39.3 Å². The number of nitrogens with zero attached hydrogens (tertiary/aromatic N) is 4. The fourth-order valence-corrected chi connectivity index (χ4v) is 4.39. The van der Waals surface area contributed by atoms with E-state index in [4.69, 9.17) is 14.5 Å². The van der Waals surface area contributed by atoms with Crippen molar-refractivity contribution in [1.29, 1.82) is 0 Å². The number of hydrogen-bond acceptors (Lipinski definition) is 5. The number of ether oxygens (including phenoxy) is 2. The number of hydrogen-bond donors (Lipinski definition) is 0. The summed E-state index contributed by atoms with van der Waals surface area (Å²) in [5.74, 6) is 0.663. The van der Waals surface area contributed by atoms with Crippen molar-refractivity contribution in [3.8, 4) is 0 Å². The summed E-state index contributed by atoms with van der Waals surface area (Å²) < 4.78 is 15.3. The first-order valence-corrected chi connectivity index (χ1v) is 12.8. The average Bonchev–Trinajstić information content (AvgIpc) is 3.16. The van der Waals surface area contributed by atoms with E-state index < -0.39 is 11.7 Å². The first kappa shape index (κ1) is 25.9. The average molecular weight is 555 g/mol. The van der Waals surface area contributed by atoms with Gasteiger partial charge >= 0.3 is 6.09 Å². The Balaban J connectivity index is 1.69. The van der Waals surface area contributed by atoms with Crippen LogP contribution >= 0.6 is 15.9 Å². The first-order chi connectivity index (χ1) is 17.2. The fraction of sp³-hybridized carbons (Fsp3) is 0.370. The molecule has 0 N–H and O–H groups in total. The Morgan fingerprint density at radius 1 is 1.19 bits per heavy atom. The highest BCUT2D eigenvalue weighted by Gasteiger charge is 2.25. The van der Waals surface area contributed by atoms with Crippen LogP contribution in [0.25, 0.3) is 21.9 Å². The van der Waals surface area contributed by atoms with Crippen LogP contribution in [0.5, 0.6) is 0 Å². The van der Waals surface area contributed by atoms with E-state index in [0.29, 0.717) is 43.2 Å². The van der Waals surface area contributed by atoms with Crippen molar-refractivity contribution in [2.75, 3.05) is 13.2 Å². The van der Waals surface area contributed by atoms with Gasteiger partial charge in [-0.25, -0.2) is 9.78 Å². The van der Waals surface area contributed by atoms with E-state index >= 15 is 0 Å². The molecule has 0 bridgehead atoms. The lowest BCUT2D eigenvalue weighted by Crippen LogP contribution is -2.37. The van der Waals surface area contributed by atoms with Crippen LogP contribution < -0.4 is 4.73 Å². The molecule has 1 amide bonds. The monoisotopic (exact) mass is 554 g/mol. The molecule has 0 aliphatic carbocycles. The minimum Gasteiger partial charge on any atom is -0.618 e. The van der Waals surface area contributed by atoms with E-state index in [1.807, 2.05) is 74.7 Å². The number of halogens is 1. The van der Waals surface area contributed by atoms with Crippen molar-refractivity contribution in [1.82, 2.24) is 14.5 Å². The summed E-state index contributed by atoms with van der Waals surface area (Å²) in [6.45, 7) is 9.58. The zero-order valence-corrected chi connectivity index (χ0v) is 22.6. The van der Waals surface area contributed by atoms with Gasteiger partial charge in [0, 0.05) is 23.6 Å². The van der Waals surface area contributed by atoms with Crippen LogP contribution in [0, 0.1) is 5.21 Å². The Labute approximate surface area is 219 Å². The molecule has 0 saturated carbocycles. The SMILES string of the molecule is CCN(Cc1nc2c[n+]([O-])c3cc(Br)ccc3c2n1CCOCc1ccccc1)C(=O)OC(C)(C)C. The minimum atomic E-state index is -0.604. The maximum atomic E-state index is 12.8. The summed E-state index contributed by atoms with van der Waals surface area (Å²) in [5.41, 5.74) is 2.43. The Bertz CT molecular complexity index is 1370. The molecule has 8 nitrogen and oxygen atoms in total. The second-order valence-corrected chi connectivity index (χ2v) is 10.5. The van der Waals surface area contributed by atoms with Crippen LogP contribution in [0.15, 0.2) is 59.2 Å². The lowest BCUT2D eigenvalue weighted by atomic mass is 10.2. The van der Waals surface area contributed by atoms with Gasteiger partial charge in [-0.1, -0.05) is 46.3 Å². The van der Waals surface area contributed by atoms with Gasteiger partial charge in [-0.3, -0.25) is 0 Å². The highest BCUT2D eigenvalue weighted by atomic mass is 79.9. The fourth-order valence-electron chi connectivity index (χ4n) is 4.05. The van der Waals surface area contributed by atoms with Gasteiger partial charge < -0.3 is 24.1 Å². The maximum absolute atomic E-state index is 12.8. The number of pyridine rings is 1. The van der Waals surface area contributed by atoms with Gasteiger partial charge in [0.15, 0.2) is 5.52 Å². The number of fused-ring (bicyclic) bond motifs is 3. The third-order valence-electron chi connectivity index (χ3n) is 5.70.